The average molecular weight is 535 g/mol. The van der Waals surface area contributed by atoms with Crippen molar-refractivity contribution < 1.29 is 17.9 Å². The molecule has 208 valence electrons. The lowest BCUT2D eigenvalue weighted by molar-refractivity contribution is 0.303. The number of allylic oxidation sites excluding steroid dienone is 2. The minimum Gasteiger partial charge on any atom is -0.493 e. The third-order valence-corrected chi connectivity index (χ3v) is 7.84. The molecule has 4 heteroatoms. The minimum absolute atomic E-state index is 0.316. The molecule has 1 unspecified atom stereocenters. The Morgan fingerprint density at radius 1 is 0.795 bits per heavy atom. The zero-order valence-corrected chi connectivity index (χ0v) is 23.4. The second kappa shape index (κ2) is 14.4. The van der Waals surface area contributed by atoms with Gasteiger partial charge in [0.15, 0.2) is 11.6 Å². The summed E-state index contributed by atoms with van der Waals surface area (Å²) in [5, 5.41) is 0. The molecule has 1 aliphatic rings. The number of unbranched alkanes of at least 4 members (excludes halogenated alkanes) is 5. The molecule has 0 radical (unpaired) electrons. The van der Waals surface area contributed by atoms with Crippen LogP contribution in [0, 0.1) is 23.4 Å². The van der Waals surface area contributed by atoms with Crippen LogP contribution >= 0.6 is 0 Å². The summed E-state index contributed by atoms with van der Waals surface area (Å²) < 4.78 is 50.3. The molecule has 0 saturated heterocycles. The predicted octanol–water partition coefficient (Wildman–Crippen LogP) is 10.5. The zero-order chi connectivity index (χ0) is 27.6. The van der Waals surface area contributed by atoms with E-state index in [0.717, 1.165) is 48.8 Å². The van der Waals surface area contributed by atoms with Crippen LogP contribution < -0.4 is 4.74 Å². The Morgan fingerprint density at radius 3 is 2.26 bits per heavy atom. The van der Waals surface area contributed by atoms with Crippen LogP contribution in [-0.4, -0.2) is 6.61 Å². The van der Waals surface area contributed by atoms with E-state index in [1.807, 2.05) is 36.4 Å². The summed E-state index contributed by atoms with van der Waals surface area (Å²) in [4.78, 5) is 0. The molecule has 1 aliphatic carbocycles. The Morgan fingerprint density at radius 2 is 1.54 bits per heavy atom. The molecule has 0 fully saturated rings. The van der Waals surface area contributed by atoms with Gasteiger partial charge in [-0.15, -0.1) is 0 Å². The highest BCUT2D eigenvalue weighted by Crippen LogP contribution is 2.33. The predicted molar refractivity (Wildman–Crippen MR) is 155 cm³/mol. The second-order valence-corrected chi connectivity index (χ2v) is 11.0. The van der Waals surface area contributed by atoms with Gasteiger partial charge >= 0.3 is 0 Å². The molecule has 0 aliphatic heterocycles. The number of benzene rings is 3. The summed E-state index contributed by atoms with van der Waals surface area (Å²) in [6.45, 7) is 4.99. The lowest BCUT2D eigenvalue weighted by atomic mass is 9.87. The molecule has 3 aromatic carbocycles. The van der Waals surface area contributed by atoms with Gasteiger partial charge in [0, 0.05) is 17.2 Å². The Labute approximate surface area is 232 Å². The number of halogens is 3. The lowest BCUT2D eigenvalue weighted by Crippen LogP contribution is -2.05. The third kappa shape index (κ3) is 8.00. The fraction of sp³-hybridized carbons (Fsp3) is 0.429. The van der Waals surface area contributed by atoms with E-state index in [4.69, 9.17) is 4.74 Å². The fourth-order valence-electron chi connectivity index (χ4n) is 5.26. The van der Waals surface area contributed by atoms with E-state index in [0.29, 0.717) is 47.8 Å². The van der Waals surface area contributed by atoms with Crippen LogP contribution in [0.5, 0.6) is 5.75 Å². The van der Waals surface area contributed by atoms with Gasteiger partial charge < -0.3 is 4.74 Å². The van der Waals surface area contributed by atoms with Gasteiger partial charge in [-0.25, -0.2) is 13.2 Å². The van der Waals surface area contributed by atoms with Gasteiger partial charge in [-0.2, -0.15) is 0 Å². The summed E-state index contributed by atoms with van der Waals surface area (Å²) in [6, 6.07) is 16.1. The van der Waals surface area contributed by atoms with Gasteiger partial charge in [-0.3, -0.25) is 0 Å². The number of hydrogen-bond donors (Lipinski definition) is 0. The summed E-state index contributed by atoms with van der Waals surface area (Å²) >= 11 is 0. The van der Waals surface area contributed by atoms with E-state index >= 15 is 0 Å². The first-order valence-corrected chi connectivity index (χ1v) is 14.6. The Hall–Kier alpha value is -3.01. The van der Waals surface area contributed by atoms with Crippen molar-refractivity contribution >= 4 is 5.57 Å². The van der Waals surface area contributed by atoms with E-state index in [-0.39, 0.29) is 5.82 Å². The quantitative estimate of drug-likeness (QED) is 0.198. The van der Waals surface area contributed by atoms with Crippen LogP contribution in [0.25, 0.3) is 16.7 Å². The molecule has 0 saturated carbocycles. The first kappa shape index (κ1) is 29.0. The van der Waals surface area contributed by atoms with Gasteiger partial charge in [-0.1, -0.05) is 88.4 Å². The molecule has 0 N–H and O–H groups in total. The summed E-state index contributed by atoms with van der Waals surface area (Å²) in [7, 11) is 0. The molecular formula is C35H41F3O. The topological polar surface area (TPSA) is 9.23 Å². The number of aryl methyl sites for hydroxylation is 2. The molecule has 0 bridgehead atoms. The normalized spacial score (nSPS) is 15.3. The maximum Gasteiger partial charge on any atom is 0.166 e. The summed E-state index contributed by atoms with van der Waals surface area (Å²) in [5.41, 5.74) is 3.97. The Kier molecular flexibility index (Phi) is 10.7. The second-order valence-electron chi connectivity index (χ2n) is 11.0. The van der Waals surface area contributed by atoms with Crippen molar-refractivity contribution in [1.29, 1.82) is 0 Å². The average Bonchev–Trinajstić information content (AvgIpc) is 2.94. The van der Waals surface area contributed by atoms with Crippen molar-refractivity contribution in [3.8, 4) is 16.9 Å². The standard InChI is InChI=1S/C35H41F3O/c1-3-4-5-6-7-8-23-39-30-20-22-31(33(36)24-30)27-16-11-26(12-17-27)13-18-29-19-21-32(35(38)34(29)37)28-14-9-25(2)10-15-28/h11-12,14,16-17,19-22,24-25H,3-10,13,15,18,23H2,1-2H3. The van der Waals surface area contributed by atoms with Gasteiger partial charge in [0.05, 0.1) is 6.61 Å². The van der Waals surface area contributed by atoms with E-state index in [1.54, 1.807) is 18.2 Å². The molecule has 0 aromatic heterocycles. The van der Waals surface area contributed by atoms with Crippen LogP contribution in [0.15, 0.2) is 60.7 Å². The van der Waals surface area contributed by atoms with E-state index in [9.17, 15) is 13.2 Å². The molecular weight excluding hydrogens is 493 g/mol. The van der Waals surface area contributed by atoms with Crippen LogP contribution in [0.4, 0.5) is 13.2 Å². The molecule has 0 amide bonds. The van der Waals surface area contributed by atoms with Gasteiger partial charge in [-0.05, 0) is 78.8 Å². The van der Waals surface area contributed by atoms with Gasteiger partial charge in [0.2, 0.25) is 0 Å². The van der Waals surface area contributed by atoms with Gasteiger partial charge in [0.25, 0.3) is 0 Å². The van der Waals surface area contributed by atoms with Gasteiger partial charge in [0.1, 0.15) is 11.6 Å². The van der Waals surface area contributed by atoms with Crippen LogP contribution in [-0.2, 0) is 12.8 Å². The maximum absolute atomic E-state index is 14.9. The van der Waals surface area contributed by atoms with Crippen LogP contribution in [0.3, 0.4) is 0 Å². The zero-order valence-electron chi connectivity index (χ0n) is 23.4. The minimum atomic E-state index is -0.746. The molecule has 0 heterocycles. The highest BCUT2D eigenvalue weighted by molar-refractivity contribution is 5.67. The molecule has 39 heavy (non-hydrogen) atoms. The molecule has 3 aromatic rings. The van der Waals surface area contributed by atoms with Crippen molar-refractivity contribution in [2.24, 2.45) is 5.92 Å². The van der Waals surface area contributed by atoms with E-state index in [1.165, 1.54) is 31.7 Å². The maximum atomic E-state index is 14.9. The molecule has 4 rings (SSSR count). The highest BCUT2D eigenvalue weighted by Gasteiger charge is 2.19. The largest absolute Gasteiger partial charge is 0.493 e. The van der Waals surface area contributed by atoms with Crippen molar-refractivity contribution in [2.75, 3.05) is 6.61 Å². The molecule has 0 spiro atoms. The number of hydrogen-bond acceptors (Lipinski definition) is 1. The van der Waals surface area contributed by atoms with Crippen molar-refractivity contribution in [3.63, 3.8) is 0 Å². The lowest BCUT2D eigenvalue weighted by Gasteiger charge is -2.19. The molecule has 1 nitrogen and oxygen atoms in total. The third-order valence-electron chi connectivity index (χ3n) is 7.84. The summed E-state index contributed by atoms with van der Waals surface area (Å²) in [6.07, 6.45) is 12.8. The fourth-order valence-corrected chi connectivity index (χ4v) is 5.26. The Bertz CT molecular complexity index is 1250. The van der Waals surface area contributed by atoms with Crippen LogP contribution in [0.1, 0.15) is 88.3 Å². The summed E-state index contributed by atoms with van der Waals surface area (Å²) in [5.74, 6) is -0.653. The van der Waals surface area contributed by atoms with Crippen LogP contribution in [0.2, 0.25) is 0 Å². The highest BCUT2D eigenvalue weighted by atomic mass is 19.2. The smallest absolute Gasteiger partial charge is 0.166 e. The van der Waals surface area contributed by atoms with E-state index < -0.39 is 11.6 Å². The number of ether oxygens (including phenoxy) is 1. The Balaban J connectivity index is 1.31. The van der Waals surface area contributed by atoms with Crippen molar-refractivity contribution in [2.45, 2.75) is 84.5 Å². The number of rotatable bonds is 13. The van der Waals surface area contributed by atoms with Crippen molar-refractivity contribution in [1.82, 2.24) is 0 Å². The monoisotopic (exact) mass is 534 g/mol. The molecule has 1 atom stereocenters. The first-order chi connectivity index (χ1) is 19.0. The SMILES string of the molecule is CCCCCCCCOc1ccc(-c2ccc(CCc3ccc(C4=CCC(C)CC4)c(F)c3F)cc2)c(F)c1. The van der Waals surface area contributed by atoms with Crippen molar-refractivity contribution in [3.05, 3.63) is 94.8 Å². The van der Waals surface area contributed by atoms with E-state index in [2.05, 4.69) is 13.8 Å². The first-order valence-electron chi connectivity index (χ1n) is 14.6.